The van der Waals surface area contributed by atoms with Gasteiger partial charge in [0.1, 0.15) is 19.6 Å². The largest absolute Gasteiger partial charge is 0.466 e. The molecule has 0 aliphatic heterocycles. The second-order valence-corrected chi connectivity index (χ2v) is 7.88. The number of hydrogen-bond acceptors (Lipinski definition) is 2. The molecule has 1 aromatic carbocycles. The molecule has 0 saturated carbocycles. The molecular formula is C7H9O2P3. The Hall–Kier alpha value is -0.0200. The van der Waals surface area contributed by atoms with Crippen LogP contribution in [-0.2, 0) is 0 Å². The number of rotatable bonds is 3. The van der Waals surface area contributed by atoms with Crippen molar-refractivity contribution in [2.24, 2.45) is 0 Å². The maximum absolute atomic E-state index is 10.3. The van der Waals surface area contributed by atoms with Crippen molar-refractivity contribution in [1.82, 2.24) is 0 Å². The van der Waals surface area contributed by atoms with E-state index in [4.69, 9.17) is 4.52 Å². The zero-order valence-corrected chi connectivity index (χ0v) is 9.51. The predicted octanol–water partition coefficient (Wildman–Crippen LogP) is 2.86. The molecular weight excluding hydrogens is 209 g/mol. The molecule has 0 heterocycles. The third-order valence-electron chi connectivity index (χ3n) is 1.23. The molecule has 12 heavy (non-hydrogen) atoms. The van der Waals surface area contributed by atoms with E-state index in [0.717, 1.165) is 12.0 Å². The van der Waals surface area contributed by atoms with Crippen molar-refractivity contribution in [3.05, 3.63) is 29.8 Å². The van der Waals surface area contributed by atoms with Gasteiger partial charge in [0, 0.05) is 5.56 Å². The van der Waals surface area contributed by atoms with E-state index in [0.29, 0.717) is 5.56 Å². The fourth-order valence-corrected chi connectivity index (χ4v) is 1.82. The van der Waals surface area contributed by atoms with E-state index in [1.54, 1.807) is 24.3 Å². The highest BCUT2D eigenvalue weighted by Crippen LogP contribution is 2.53. The van der Waals surface area contributed by atoms with Crippen molar-refractivity contribution >= 4 is 31.7 Å². The average Bonchev–Trinajstić information content (AvgIpc) is 2.05. The van der Waals surface area contributed by atoms with Crippen LogP contribution in [-0.4, -0.2) is 6.29 Å². The molecule has 0 spiro atoms. The van der Waals surface area contributed by atoms with Gasteiger partial charge in [-0.1, -0.05) is 17.9 Å². The lowest BCUT2D eigenvalue weighted by atomic mass is 10.2. The smallest absolute Gasteiger partial charge is 0.150 e. The van der Waals surface area contributed by atoms with Crippen LogP contribution in [0, 0.1) is 0 Å². The van der Waals surface area contributed by atoms with E-state index < -0.39 is 7.53 Å². The van der Waals surface area contributed by atoms with E-state index in [1.165, 1.54) is 0 Å². The third kappa shape index (κ3) is 3.15. The maximum atomic E-state index is 10.3. The molecule has 1 rings (SSSR count). The zero-order valence-electron chi connectivity index (χ0n) is 6.31. The van der Waals surface area contributed by atoms with Crippen molar-refractivity contribution in [3.8, 4) is 5.75 Å². The number of hydrogen-bond donors (Lipinski definition) is 0. The summed E-state index contributed by atoms with van der Waals surface area (Å²) in [4.78, 5) is 10.3. The lowest BCUT2D eigenvalue weighted by Gasteiger charge is -2.07. The molecule has 2 nitrogen and oxygen atoms in total. The lowest BCUT2D eigenvalue weighted by Crippen LogP contribution is -1.80. The Morgan fingerprint density at radius 1 is 1.25 bits per heavy atom. The van der Waals surface area contributed by atoms with Gasteiger partial charge in [0.25, 0.3) is 0 Å². The van der Waals surface area contributed by atoms with E-state index >= 15 is 0 Å². The van der Waals surface area contributed by atoms with Crippen molar-refractivity contribution < 1.29 is 9.32 Å². The molecule has 0 bridgehead atoms. The van der Waals surface area contributed by atoms with Crippen LogP contribution in [0.4, 0.5) is 0 Å². The Morgan fingerprint density at radius 3 is 2.25 bits per heavy atom. The van der Waals surface area contributed by atoms with E-state index in [2.05, 4.69) is 17.9 Å². The highest BCUT2D eigenvalue weighted by molar-refractivity contribution is 8.41. The van der Waals surface area contributed by atoms with Crippen LogP contribution in [0.15, 0.2) is 24.3 Å². The van der Waals surface area contributed by atoms with Crippen molar-refractivity contribution in [1.29, 1.82) is 0 Å². The van der Waals surface area contributed by atoms with Crippen LogP contribution in [0.25, 0.3) is 0 Å². The topological polar surface area (TPSA) is 26.3 Å². The Kier molecular flexibility index (Phi) is 4.09. The Balaban J connectivity index is 2.71. The molecule has 0 amide bonds. The first-order valence-corrected chi connectivity index (χ1v) is 7.75. The van der Waals surface area contributed by atoms with Crippen LogP contribution in [0.5, 0.6) is 5.75 Å². The van der Waals surface area contributed by atoms with E-state index in [-0.39, 0.29) is 0 Å². The minimum atomic E-state index is -0.546. The van der Waals surface area contributed by atoms with Crippen molar-refractivity contribution in [2.45, 2.75) is 0 Å². The first-order valence-electron chi connectivity index (χ1n) is 3.25. The maximum Gasteiger partial charge on any atom is 0.150 e. The van der Waals surface area contributed by atoms with Gasteiger partial charge in [-0.15, -0.1) is 0 Å². The average molecular weight is 218 g/mol. The fourth-order valence-electron chi connectivity index (χ4n) is 0.729. The molecule has 2 atom stereocenters. The summed E-state index contributed by atoms with van der Waals surface area (Å²) in [6.07, 6.45) is 0.813. The molecule has 0 fully saturated rings. The molecule has 0 radical (unpaired) electrons. The highest BCUT2D eigenvalue weighted by atomic mass is 32.4. The number of aldehydes is 1. The SMILES string of the molecule is O=Cc1ccc(OP(P)P)cc1. The van der Waals surface area contributed by atoms with Crippen LogP contribution in [0.2, 0.25) is 0 Å². The van der Waals surface area contributed by atoms with Gasteiger partial charge < -0.3 is 4.52 Å². The normalized spacial score (nSPS) is 9.92. The monoisotopic (exact) mass is 218 g/mol. The zero-order chi connectivity index (χ0) is 8.97. The highest BCUT2D eigenvalue weighted by Gasteiger charge is 1.96. The number of carbonyl (C=O) groups is 1. The molecule has 5 heteroatoms. The Morgan fingerprint density at radius 2 is 1.83 bits per heavy atom. The minimum Gasteiger partial charge on any atom is -0.466 e. The first-order chi connectivity index (χ1) is 5.72. The van der Waals surface area contributed by atoms with E-state index in [9.17, 15) is 4.79 Å². The summed E-state index contributed by atoms with van der Waals surface area (Å²) in [5, 5.41) is 0. The molecule has 0 saturated heterocycles. The van der Waals surface area contributed by atoms with Gasteiger partial charge in [0.15, 0.2) is 0 Å². The van der Waals surface area contributed by atoms with Gasteiger partial charge in [0.2, 0.25) is 0 Å². The van der Waals surface area contributed by atoms with Crippen LogP contribution in [0.1, 0.15) is 10.4 Å². The molecule has 0 aromatic heterocycles. The van der Waals surface area contributed by atoms with Crippen LogP contribution < -0.4 is 4.52 Å². The first kappa shape index (κ1) is 10.1. The number of carbonyl (C=O) groups excluding carboxylic acids is 1. The second kappa shape index (κ2) is 4.87. The summed E-state index contributed by atoms with van der Waals surface area (Å²) < 4.78 is 5.39. The van der Waals surface area contributed by atoms with Gasteiger partial charge in [-0.25, -0.2) is 0 Å². The Bertz CT molecular complexity index is 258. The van der Waals surface area contributed by atoms with E-state index in [1.807, 2.05) is 0 Å². The Labute approximate surface area is 77.1 Å². The second-order valence-electron chi connectivity index (χ2n) is 2.14. The molecule has 64 valence electrons. The summed E-state index contributed by atoms with van der Waals surface area (Å²) >= 11 is 0. The summed E-state index contributed by atoms with van der Waals surface area (Å²) in [6, 6.07) is 7.04. The quantitative estimate of drug-likeness (QED) is 0.575. The predicted molar refractivity (Wildman–Crippen MR) is 58.8 cm³/mol. The fraction of sp³-hybridized carbons (Fsp3) is 0. The summed E-state index contributed by atoms with van der Waals surface area (Å²) in [5.41, 5.74) is 0.666. The van der Waals surface area contributed by atoms with Gasteiger partial charge >= 0.3 is 0 Å². The molecule has 0 aliphatic carbocycles. The third-order valence-corrected chi connectivity index (χ3v) is 2.28. The molecule has 0 N–H and O–H groups in total. The van der Waals surface area contributed by atoms with Crippen LogP contribution in [0.3, 0.4) is 0 Å². The van der Waals surface area contributed by atoms with Gasteiger partial charge in [-0.2, -0.15) is 0 Å². The van der Waals surface area contributed by atoms with Gasteiger partial charge in [0.05, 0.1) is 0 Å². The molecule has 2 unspecified atom stereocenters. The van der Waals surface area contributed by atoms with Crippen molar-refractivity contribution in [2.75, 3.05) is 0 Å². The van der Waals surface area contributed by atoms with Crippen LogP contribution >= 0.6 is 25.4 Å². The molecule has 0 aliphatic rings. The number of benzene rings is 1. The summed E-state index contributed by atoms with van der Waals surface area (Å²) in [7, 11) is 4.59. The van der Waals surface area contributed by atoms with Gasteiger partial charge in [-0.05, 0) is 24.3 Å². The lowest BCUT2D eigenvalue weighted by molar-refractivity contribution is 0.112. The van der Waals surface area contributed by atoms with Crippen molar-refractivity contribution in [3.63, 3.8) is 0 Å². The molecule has 1 aromatic rings. The summed E-state index contributed by atoms with van der Waals surface area (Å²) in [6.45, 7) is 0. The van der Waals surface area contributed by atoms with Gasteiger partial charge in [-0.3, -0.25) is 4.79 Å². The minimum absolute atomic E-state index is 0.546. The summed E-state index contributed by atoms with van der Waals surface area (Å²) in [5.74, 6) is 0.789. The standard InChI is InChI=1S/C7H9O2P3/c8-5-6-1-3-7(4-2-6)9-12(10)11/h1-5H,10-11H2.